The number of imide groups is 1. The van der Waals surface area contributed by atoms with Gasteiger partial charge in [-0.15, -0.1) is 0 Å². The Morgan fingerprint density at radius 2 is 1.70 bits per heavy atom. The van der Waals surface area contributed by atoms with E-state index in [-0.39, 0.29) is 37.2 Å². The number of amides is 2. The van der Waals surface area contributed by atoms with Crippen molar-refractivity contribution in [3.8, 4) is 0 Å². The molecule has 0 saturated heterocycles. The summed E-state index contributed by atoms with van der Waals surface area (Å²) in [6.07, 6.45) is 0.621. The highest BCUT2D eigenvalue weighted by molar-refractivity contribution is 6.21. The smallest absolute Gasteiger partial charge is 0.316 e. The molecule has 2 rings (SSSR count). The van der Waals surface area contributed by atoms with Gasteiger partial charge >= 0.3 is 5.97 Å². The molecule has 0 saturated carbocycles. The van der Waals surface area contributed by atoms with Gasteiger partial charge in [0.15, 0.2) is 0 Å². The van der Waals surface area contributed by atoms with E-state index in [2.05, 4.69) is 0 Å². The Bertz CT molecular complexity index is 617. The average molecular weight is 317 g/mol. The number of nitrogens with zero attached hydrogens (tertiary/aromatic N) is 1. The summed E-state index contributed by atoms with van der Waals surface area (Å²) in [5.74, 6) is -2.33. The fourth-order valence-electron chi connectivity index (χ4n) is 2.63. The molecule has 1 aliphatic rings. The summed E-state index contributed by atoms with van der Waals surface area (Å²) in [5.41, 5.74) is 0.789. The van der Waals surface area contributed by atoms with Crippen molar-refractivity contribution in [1.29, 1.82) is 0 Å². The van der Waals surface area contributed by atoms with Gasteiger partial charge in [0.1, 0.15) is 11.7 Å². The van der Waals surface area contributed by atoms with Crippen molar-refractivity contribution < 1.29 is 23.9 Å². The molecule has 2 amide bonds. The van der Waals surface area contributed by atoms with E-state index in [0.29, 0.717) is 17.5 Å². The standard InChI is InChI=1S/C17H19NO5/c1-3-23-17(22)12(11(2)19)9-6-10-18-15(20)13-7-4-5-8-14(13)16(18)21/h4-5,7-8,12H,3,6,9-10H2,1-2H3. The fraction of sp³-hybridized carbons (Fsp3) is 0.412. The average Bonchev–Trinajstić information content (AvgIpc) is 2.76. The van der Waals surface area contributed by atoms with Crippen molar-refractivity contribution in [2.45, 2.75) is 26.7 Å². The molecule has 1 unspecified atom stereocenters. The van der Waals surface area contributed by atoms with E-state index in [1.807, 2.05) is 0 Å². The molecule has 0 spiro atoms. The molecule has 1 aromatic carbocycles. The number of ether oxygens (including phenoxy) is 1. The van der Waals surface area contributed by atoms with E-state index in [1.54, 1.807) is 31.2 Å². The van der Waals surface area contributed by atoms with Crippen LogP contribution in [0.1, 0.15) is 47.4 Å². The first-order chi connectivity index (χ1) is 11.0. The second kappa shape index (κ2) is 7.17. The predicted molar refractivity (Wildman–Crippen MR) is 81.8 cm³/mol. The molecule has 0 radical (unpaired) electrons. The molecule has 1 heterocycles. The highest BCUT2D eigenvalue weighted by Crippen LogP contribution is 2.23. The molecule has 0 N–H and O–H groups in total. The van der Waals surface area contributed by atoms with Gasteiger partial charge in [-0.05, 0) is 38.8 Å². The Morgan fingerprint density at radius 3 is 2.17 bits per heavy atom. The van der Waals surface area contributed by atoms with Gasteiger partial charge in [-0.2, -0.15) is 0 Å². The van der Waals surface area contributed by atoms with Crippen LogP contribution in [0.3, 0.4) is 0 Å². The van der Waals surface area contributed by atoms with Gasteiger partial charge in [0.05, 0.1) is 17.7 Å². The topological polar surface area (TPSA) is 80.8 Å². The second-order valence-electron chi connectivity index (χ2n) is 5.37. The van der Waals surface area contributed by atoms with E-state index in [9.17, 15) is 19.2 Å². The third-order valence-corrected chi connectivity index (χ3v) is 3.81. The molecule has 1 aliphatic heterocycles. The number of carbonyl (C=O) groups is 4. The van der Waals surface area contributed by atoms with Crippen LogP contribution in [0.4, 0.5) is 0 Å². The first kappa shape index (κ1) is 16.9. The summed E-state index contributed by atoms with van der Waals surface area (Å²) in [5, 5.41) is 0. The maximum Gasteiger partial charge on any atom is 0.316 e. The second-order valence-corrected chi connectivity index (χ2v) is 5.37. The Hall–Kier alpha value is -2.50. The van der Waals surface area contributed by atoms with Gasteiger partial charge in [-0.3, -0.25) is 24.1 Å². The van der Waals surface area contributed by atoms with Crippen molar-refractivity contribution >= 4 is 23.6 Å². The number of fused-ring (bicyclic) bond motifs is 1. The monoisotopic (exact) mass is 317 g/mol. The Kier molecular flexibility index (Phi) is 5.26. The third kappa shape index (κ3) is 3.47. The number of esters is 1. The molecule has 0 aliphatic carbocycles. The third-order valence-electron chi connectivity index (χ3n) is 3.81. The SMILES string of the molecule is CCOC(=O)C(CCCN1C(=O)c2ccccc2C1=O)C(C)=O. The van der Waals surface area contributed by atoms with E-state index in [4.69, 9.17) is 4.74 Å². The highest BCUT2D eigenvalue weighted by Gasteiger charge is 2.35. The lowest BCUT2D eigenvalue weighted by Crippen LogP contribution is -2.32. The first-order valence-electron chi connectivity index (χ1n) is 7.59. The van der Waals surface area contributed by atoms with Crippen LogP contribution in [0.15, 0.2) is 24.3 Å². The summed E-state index contributed by atoms with van der Waals surface area (Å²) < 4.78 is 4.87. The predicted octanol–water partition coefficient (Wildman–Crippen LogP) is 1.83. The summed E-state index contributed by atoms with van der Waals surface area (Å²) in [6, 6.07) is 6.65. The number of carbonyl (C=O) groups excluding carboxylic acids is 4. The normalized spacial score (nSPS) is 14.6. The van der Waals surface area contributed by atoms with Gasteiger partial charge in [0.25, 0.3) is 11.8 Å². The van der Waals surface area contributed by atoms with Crippen LogP contribution in [-0.2, 0) is 14.3 Å². The Morgan fingerprint density at radius 1 is 1.13 bits per heavy atom. The van der Waals surface area contributed by atoms with E-state index in [0.717, 1.165) is 4.90 Å². The molecule has 6 heteroatoms. The zero-order chi connectivity index (χ0) is 17.0. The molecule has 122 valence electrons. The molecular formula is C17H19NO5. The number of hydrogen-bond acceptors (Lipinski definition) is 5. The molecule has 1 atom stereocenters. The fourth-order valence-corrected chi connectivity index (χ4v) is 2.63. The van der Waals surface area contributed by atoms with Crippen LogP contribution in [0.2, 0.25) is 0 Å². The highest BCUT2D eigenvalue weighted by atomic mass is 16.5. The molecule has 0 bridgehead atoms. The number of hydrogen-bond donors (Lipinski definition) is 0. The van der Waals surface area contributed by atoms with Crippen LogP contribution < -0.4 is 0 Å². The number of Topliss-reactive ketones (excluding diaryl/α,β-unsaturated/α-hetero) is 1. The van der Waals surface area contributed by atoms with E-state index >= 15 is 0 Å². The van der Waals surface area contributed by atoms with E-state index < -0.39 is 11.9 Å². The Labute approximate surface area is 134 Å². The number of rotatable bonds is 7. The molecule has 23 heavy (non-hydrogen) atoms. The van der Waals surface area contributed by atoms with Crippen molar-refractivity contribution in [2.24, 2.45) is 5.92 Å². The van der Waals surface area contributed by atoms with Crippen LogP contribution in [0.5, 0.6) is 0 Å². The van der Waals surface area contributed by atoms with E-state index in [1.165, 1.54) is 6.92 Å². The van der Waals surface area contributed by atoms with Crippen LogP contribution in [0, 0.1) is 5.92 Å². The lowest BCUT2D eigenvalue weighted by Gasteiger charge is -2.16. The summed E-state index contributed by atoms with van der Waals surface area (Å²) in [7, 11) is 0. The van der Waals surface area contributed by atoms with Crippen molar-refractivity contribution in [2.75, 3.05) is 13.2 Å². The lowest BCUT2D eigenvalue weighted by molar-refractivity contribution is -0.151. The van der Waals surface area contributed by atoms with Gasteiger partial charge in [0.2, 0.25) is 0 Å². The van der Waals surface area contributed by atoms with Crippen molar-refractivity contribution in [1.82, 2.24) is 4.90 Å². The zero-order valence-electron chi connectivity index (χ0n) is 13.2. The minimum Gasteiger partial charge on any atom is -0.465 e. The lowest BCUT2D eigenvalue weighted by atomic mass is 9.99. The number of ketones is 1. The molecule has 0 fully saturated rings. The molecule has 1 aromatic rings. The minimum absolute atomic E-state index is 0.176. The van der Waals surface area contributed by atoms with Gasteiger partial charge in [-0.25, -0.2) is 0 Å². The Balaban J connectivity index is 1.97. The van der Waals surface area contributed by atoms with Crippen LogP contribution >= 0.6 is 0 Å². The zero-order valence-corrected chi connectivity index (χ0v) is 13.2. The van der Waals surface area contributed by atoms with Crippen molar-refractivity contribution in [3.63, 3.8) is 0 Å². The summed E-state index contributed by atoms with van der Waals surface area (Å²) in [4.78, 5) is 48.8. The van der Waals surface area contributed by atoms with Gasteiger partial charge < -0.3 is 4.74 Å². The quantitative estimate of drug-likeness (QED) is 0.435. The molecule has 6 nitrogen and oxygen atoms in total. The molecular weight excluding hydrogens is 298 g/mol. The minimum atomic E-state index is -0.842. The largest absolute Gasteiger partial charge is 0.465 e. The van der Waals surface area contributed by atoms with Gasteiger partial charge in [-0.1, -0.05) is 12.1 Å². The maximum atomic E-state index is 12.2. The molecule has 0 aromatic heterocycles. The first-order valence-corrected chi connectivity index (χ1v) is 7.59. The van der Waals surface area contributed by atoms with Gasteiger partial charge in [0, 0.05) is 6.54 Å². The number of benzene rings is 1. The maximum absolute atomic E-state index is 12.2. The van der Waals surface area contributed by atoms with Crippen molar-refractivity contribution in [3.05, 3.63) is 35.4 Å². The van der Waals surface area contributed by atoms with Crippen LogP contribution in [-0.4, -0.2) is 41.6 Å². The summed E-state index contributed by atoms with van der Waals surface area (Å²) in [6.45, 7) is 3.40. The summed E-state index contributed by atoms with van der Waals surface area (Å²) >= 11 is 0. The van der Waals surface area contributed by atoms with Crippen LogP contribution in [0.25, 0.3) is 0 Å².